The zero-order valence-corrected chi connectivity index (χ0v) is 14.3. The molecule has 1 fully saturated rings. The predicted molar refractivity (Wildman–Crippen MR) is 99.0 cm³/mol. The fourth-order valence-electron chi connectivity index (χ4n) is 2.99. The first-order valence-electron chi connectivity index (χ1n) is 7.62. The minimum atomic E-state index is 0.183. The van der Waals surface area contributed by atoms with Crippen molar-refractivity contribution < 1.29 is 0 Å². The van der Waals surface area contributed by atoms with Crippen molar-refractivity contribution in [2.75, 3.05) is 5.75 Å². The third-order valence-electron chi connectivity index (χ3n) is 4.04. The maximum atomic E-state index is 7.54. The number of rotatable bonds is 5. The zero-order chi connectivity index (χ0) is 15.9. The van der Waals surface area contributed by atoms with Crippen molar-refractivity contribution in [2.24, 2.45) is 11.5 Å². The van der Waals surface area contributed by atoms with Gasteiger partial charge in [0.25, 0.3) is 0 Å². The first kappa shape index (κ1) is 17.2. The summed E-state index contributed by atoms with van der Waals surface area (Å²) < 4.78 is 0. The summed E-state index contributed by atoms with van der Waals surface area (Å²) in [4.78, 5) is 0. The van der Waals surface area contributed by atoms with E-state index < -0.39 is 0 Å². The molecule has 0 aromatic heterocycles. The summed E-state index contributed by atoms with van der Waals surface area (Å²) in [7, 11) is 0. The predicted octanol–water partition coefficient (Wildman–Crippen LogP) is 3.51. The van der Waals surface area contributed by atoms with Gasteiger partial charge in [-0.2, -0.15) is 0 Å². The number of nitrogens with two attached hydrogens (primary N) is 2. The van der Waals surface area contributed by atoms with E-state index in [-0.39, 0.29) is 10.3 Å². The normalized spacial score (nSPS) is 21.5. The molecule has 1 saturated carbocycles. The van der Waals surface area contributed by atoms with Crippen LogP contribution in [0.2, 0.25) is 0 Å². The van der Waals surface area contributed by atoms with Gasteiger partial charge in [-0.25, -0.2) is 0 Å². The Kier molecular flexibility index (Phi) is 6.64. The Morgan fingerprint density at radius 1 is 1.05 bits per heavy atom. The Balaban J connectivity index is 1.98. The average Bonchev–Trinajstić information content (AvgIpc) is 2.48. The number of benzene rings is 1. The Morgan fingerprint density at radius 3 is 2.36 bits per heavy atom. The smallest absolute Gasteiger partial charge is 0.151 e. The van der Waals surface area contributed by atoms with Crippen LogP contribution < -0.4 is 11.5 Å². The molecular formula is C16H24N4S2. The van der Waals surface area contributed by atoms with Gasteiger partial charge < -0.3 is 11.5 Å². The summed E-state index contributed by atoms with van der Waals surface area (Å²) in [6, 6.07) is 8.80. The highest BCUT2D eigenvalue weighted by Gasteiger charge is 2.27. The van der Waals surface area contributed by atoms with Crippen molar-refractivity contribution >= 4 is 33.9 Å². The minimum Gasteiger partial charge on any atom is -0.379 e. The molecule has 120 valence electrons. The molecule has 1 aliphatic rings. The zero-order valence-electron chi connectivity index (χ0n) is 12.7. The molecule has 0 bridgehead atoms. The molecule has 22 heavy (non-hydrogen) atoms. The van der Waals surface area contributed by atoms with Crippen molar-refractivity contribution in [3.05, 3.63) is 35.4 Å². The summed E-state index contributed by atoms with van der Waals surface area (Å²) in [5.41, 5.74) is 13.6. The number of thioether (sulfide) groups is 2. The Hall–Kier alpha value is -1.14. The van der Waals surface area contributed by atoms with E-state index in [0.29, 0.717) is 11.2 Å². The third kappa shape index (κ3) is 5.25. The summed E-state index contributed by atoms with van der Waals surface area (Å²) in [6.45, 7) is 0. The Bertz CT molecular complexity index is 515. The molecule has 6 N–H and O–H groups in total. The summed E-state index contributed by atoms with van der Waals surface area (Å²) >= 11 is 2.91. The van der Waals surface area contributed by atoms with E-state index in [2.05, 4.69) is 24.3 Å². The fourth-order valence-corrected chi connectivity index (χ4v) is 4.62. The standard InChI is InChI=1S/C16H24N4S2/c17-15(18)21-10-9-11-5-7-12(8-6-11)13-3-1-2-4-14(13)22-16(19)20/h5-8,13-14H,1-4,9-10H2,(H3,17,18)(H3,19,20). The first-order valence-corrected chi connectivity index (χ1v) is 9.49. The van der Waals surface area contributed by atoms with E-state index in [1.807, 2.05) is 0 Å². The molecule has 0 saturated heterocycles. The fraction of sp³-hybridized carbons (Fsp3) is 0.500. The van der Waals surface area contributed by atoms with Crippen molar-refractivity contribution in [3.63, 3.8) is 0 Å². The average molecular weight is 337 g/mol. The third-order valence-corrected chi connectivity index (χ3v) is 5.88. The first-order chi connectivity index (χ1) is 10.6. The van der Waals surface area contributed by atoms with Crippen LogP contribution in [-0.2, 0) is 6.42 Å². The molecule has 2 rings (SSSR count). The van der Waals surface area contributed by atoms with Gasteiger partial charge in [0.15, 0.2) is 10.3 Å². The second-order valence-corrected chi connectivity index (χ2v) is 8.03. The van der Waals surface area contributed by atoms with E-state index >= 15 is 0 Å². The highest BCUT2D eigenvalue weighted by Crippen LogP contribution is 2.39. The number of aryl methyl sites for hydroxylation is 1. The molecule has 0 heterocycles. The molecule has 1 aromatic rings. The van der Waals surface area contributed by atoms with Crippen LogP contribution in [0.3, 0.4) is 0 Å². The van der Waals surface area contributed by atoms with Gasteiger partial charge >= 0.3 is 0 Å². The van der Waals surface area contributed by atoms with Crippen LogP contribution >= 0.6 is 23.5 Å². The van der Waals surface area contributed by atoms with Gasteiger partial charge in [-0.15, -0.1) is 0 Å². The van der Waals surface area contributed by atoms with Crippen molar-refractivity contribution in [1.82, 2.24) is 0 Å². The van der Waals surface area contributed by atoms with Crippen LogP contribution in [0.4, 0.5) is 0 Å². The van der Waals surface area contributed by atoms with Crippen molar-refractivity contribution in [1.29, 1.82) is 10.8 Å². The molecule has 2 unspecified atom stereocenters. The van der Waals surface area contributed by atoms with Gasteiger partial charge in [-0.1, -0.05) is 60.6 Å². The second-order valence-electron chi connectivity index (χ2n) is 5.62. The number of hydrogen-bond donors (Lipinski definition) is 4. The van der Waals surface area contributed by atoms with Crippen molar-refractivity contribution in [3.8, 4) is 0 Å². The highest BCUT2D eigenvalue weighted by molar-refractivity contribution is 8.14. The number of nitrogens with one attached hydrogen (secondary N) is 2. The van der Waals surface area contributed by atoms with Gasteiger partial charge in [0, 0.05) is 11.0 Å². The quantitative estimate of drug-likeness (QED) is 0.488. The van der Waals surface area contributed by atoms with Gasteiger partial charge in [-0.05, 0) is 36.3 Å². The van der Waals surface area contributed by atoms with E-state index in [1.165, 1.54) is 53.9 Å². The van der Waals surface area contributed by atoms with E-state index in [0.717, 1.165) is 18.6 Å². The van der Waals surface area contributed by atoms with Gasteiger partial charge in [0.1, 0.15) is 0 Å². The van der Waals surface area contributed by atoms with Crippen LogP contribution in [0.1, 0.15) is 42.7 Å². The number of hydrogen-bond acceptors (Lipinski definition) is 4. The molecule has 0 spiro atoms. The highest BCUT2D eigenvalue weighted by atomic mass is 32.2. The lowest BCUT2D eigenvalue weighted by Gasteiger charge is -2.31. The minimum absolute atomic E-state index is 0.183. The van der Waals surface area contributed by atoms with Gasteiger partial charge in [0.05, 0.1) is 0 Å². The maximum absolute atomic E-state index is 7.54. The summed E-state index contributed by atoms with van der Waals surface area (Å²) in [5, 5.41) is 15.6. The lowest BCUT2D eigenvalue weighted by Crippen LogP contribution is -2.23. The summed E-state index contributed by atoms with van der Waals surface area (Å²) in [5.74, 6) is 1.35. The van der Waals surface area contributed by atoms with Crippen LogP contribution in [0.25, 0.3) is 0 Å². The molecule has 0 amide bonds. The van der Waals surface area contributed by atoms with Crippen LogP contribution in [0.15, 0.2) is 24.3 Å². The Morgan fingerprint density at radius 2 is 1.73 bits per heavy atom. The molecule has 4 nitrogen and oxygen atoms in total. The van der Waals surface area contributed by atoms with Crippen LogP contribution in [0, 0.1) is 10.8 Å². The molecule has 6 heteroatoms. The lowest BCUT2D eigenvalue weighted by molar-refractivity contribution is 0.457. The Labute approximate surface area is 140 Å². The largest absolute Gasteiger partial charge is 0.379 e. The van der Waals surface area contributed by atoms with E-state index in [9.17, 15) is 0 Å². The molecule has 0 radical (unpaired) electrons. The van der Waals surface area contributed by atoms with Gasteiger partial charge in [0.2, 0.25) is 0 Å². The van der Waals surface area contributed by atoms with E-state index in [4.69, 9.17) is 22.3 Å². The SMILES string of the molecule is N=C(N)SCCc1ccc(C2CCCCC2SC(=N)N)cc1. The van der Waals surface area contributed by atoms with Crippen LogP contribution in [-0.4, -0.2) is 21.3 Å². The van der Waals surface area contributed by atoms with Crippen LogP contribution in [0.5, 0.6) is 0 Å². The van der Waals surface area contributed by atoms with Crippen molar-refractivity contribution in [2.45, 2.75) is 43.3 Å². The summed E-state index contributed by atoms with van der Waals surface area (Å²) in [6.07, 6.45) is 5.76. The molecule has 2 atom stereocenters. The molecule has 0 aliphatic heterocycles. The number of amidine groups is 2. The molecule has 1 aromatic carbocycles. The monoisotopic (exact) mass is 336 g/mol. The van der Waals surface area contributed by atoms with Gasteiger partial charge in [-0.3, -0.25) is 10.8 Å². The lowest BCUT2D eigenvalue weighted by atomic mass is 9.83. The maximum Gasteiger partial charge on any atom is 0.151 e. The molecular weight excluding hydrogens is 312 g/mol. The van der Waals surface area contributed by atoms with E-state index in [1.54, 1.807) is 0 Å². The second kappa shape index (κ2) is 8.48. The topological polar surface area (TPSA) is 99.7 Å². The molecule has 1 aliphatic carbocycles.